The molecule has 6 nitrogen and oxygen atoms in total. The Kier molecular flexibility index (Phi) is 5.99. The van der Waals surface area contributed by atoms with Crippen molar-refractivity contribution >= 4 is 33.2 Å². The van der Waals surface area contributed by atoms with Crippen molar-refractivity contribution in [3.05, 3.63) is 64.4 Å². The number of carbonyl (C=O) groups excluding carboxylic acids is 1. The van der Waals surface area contributed by atoms with Gasteiger partial charge in [0.25, 0.3) is 5.91 Å². The summed E-state index contributed by atoms with van der Waals surface area (Å²) in [5.74, 6) is -0.314. The molecular formula is C21H23ClFN3O3S. The van der Waals surface area contributed by atoms with Gasteiger partial charge < -0.3 is 4.90 Å². The molecule has 0 atom stereocenters. The Morgan fingerprint density at radius 2 is 1.77 bits per heavy atom. The van der Waals surface area contributed by atoms with Gasteiger partial charge in [0.2, 0.25) is 10.0 Å². The number of rotatable bonds is 4. The van der Waals surface area contributed by atoms with E-state index in [1.54, 1.807) is 41.3 Å². The third-order valence-electron chi connectivity index (χ3n) is 5.58. The summed E-state index contributed by atoms with van der Waals surface area (Å²) >= 11 is 6.12. The third-order valence-corrected chi connectivity index (χ3v) is 7.81. The van der Waals surface area contributed by atoms with E-state index in [4.69, 9.17) is 11.6 Å². The fourth-order valence-electron chi connectivity index (χ4n) is 3.92. The minimum atomic E-state index is -3.29. The number of nitrogens with zero attached hydrogens (tertiary/aromatic N) is 3. The molecule has 4 rings (SSSR count). The van der Waals surface area contributed by atoms with Gasteiger partial charge in [0.1, 0.15) is 5.82 Å². The maximum atomic E-state index is 14.0. The van der Waals surface area contributed by atoms with E-state index in [2.05, 4.69) is 4.90 Å². The lowest BCUT2D eigenvalue weighted by Crippen LogP contribution is -2.48. The fourth-order valence-corrected chi connectivity index (χ4v) is 5.70. The number of carbonyl (C=O) groups is 1. The van der Waals surface area contributed by atoms with Crippen LogP contribution in [0.2, 0.25) is 5.02 Å². The topological polar surface area (TPSA) is 60.9 Å². The molecule has 2 aliphatic rings. The Balaban J connectivity index is 1.41. The fraction of sp³-hybridized carbons (Fsp3) is 0.381. The molecule has 2 fully saturated rings. The second-order valence-electron chi connectivity index (χ2n) is 7.56. The monoisotopic (exact) mass is 451 g/mol. The van der Waals surface area contributed by atoms with Gasteiger partial charge in [-0.25, -0.2) is 12.8 Å². The molecule has 1 amide bonds. The van der Waals surface area contributed by atoms with Crippen molar-refractivity contribution in [3.63, 3.8) is 0 Å². The minimum Gasteiger partial charge on any atom is -0.336 e. The van der Waals surface area contributed by atoms with Crippen molar-refractivity contribution in [2.75, 3.05) is 42.8 Å². The molecule has 2 saturated heterocycles. The summed E-state index contributed by atoms with van der Waals surface area (Å²) in [5, 5.41) is 0.405. The van der Waals surface area contributed by atoms with Crippen molar-refractivity contribution in [2.24, 2.45) is 0 Å². The lowest BCUT2D eigenvalue weighted by Gasteiger charge is -2.35. The van der Waals surface area contributed by atoms with Crippen LogP contribution in [0.1, 0.15) is 22.3 Å². The molecule has 2 heterocycles. The number of halogens is 2. The highest BCUT2D eigenvalue weighted by Crippen LogP contribution is 2.26. The second kappa shape index (κ2) is 8.53. The predicted octanol–water partition coefficient (Wildman–Crippen LogP) is 2.98. The van der Waals surface area contributed by atoms with E-state index >= 15 is 0 Å². The van der Waals surface area contributed by atoms with Crippen molar-refractivity contribution in [1.29, 1.82) is 0 Å². The highest BCUT2D eigenvalue weighted by Gasteiger charge is 2.29. The smallest absolute Gasteiger partial charge is 0.254 e. The first-order chi connectivity index (χ1) is 14.3. The van der Waals surface area contributed by atoms with Crippen LogP contribution < -0.4 is 4.31 Å². The van der Waals surface area contributed by atoms with Crippen LogP contribution in [0, 0.1) is 5.82 Å². The quantitative estimate of drug-likeness (QED) is 0.717. The van der Waals surface area contributed by atoms with Gasteiger partial charge >= 0.3 is 0 Å². The maximum absolute atomic E-state index is 14.0. The van der Waals surface area contributed by atoms with Crippen molar-refractivity contribution in [3.8, 4) is 0 Å². The van der Waals surface area contributed by atoms with Gasteiger partial charge in [0, 0.05) is 55.4 Å². The Labute approximate surface area is 180 Å². The molecule has 9 heteroatoms. The molecule has 30 heavy (non-hydrogen) atoms. The Bertz CT molecular complexity index is 1030. The summed E-state index contributed by atoms with van der Waals surface area (Å²) < 4.78 is 39.7. The standard InChI is InChI=1S/C21H23ClFN3O3S/c22-19-6-2-7-20(23)18(19)15-24-9-11-25(12-10-24)21(27)16-4-1-5-17(14-16)26-8-3-13-30(26,28)29/h1-2,4-7,14H,3,8-13,15H2. The van der Waals surface area contributed by atoms with E-state index < -0.39 is 10.0 Å². The minimum absolute atomic E-state index is 0.128. The molecule has 0 aromatic heterocycles. The first-order valence-corrected chi connectivity index (χ1v) is 11.9. The largest absolute Gasteiger partial charge is 0.336 e. The van der Waals surface area contributed by atoms with E-state index in [1.165, 1.54) is 10.4 Å². The average molecular weight is 452 g/mol. The van der Waals surface area contributed by atoms with Crippen molar-refractivity contribution in [2.45, 2.75) is 13.0 Å². The van der Waals surface area contributed by atoms with Gasteiger partial charge in [0.15, 0.2) is 0 Å². The first-order valence-electron chi connectivity index (χ1n) is 9.90. The van der Waals surface area contributed by atoms with Crippen LogP contribution in [0.3, 0.4) is 0 Å². The molecule has 0 unspecified atom stereocenters. The normalized spacial score (nSPS) is 19.3. The molecule has 2 aliphatic heterocycles. The lowest BCUT2D eigenvalue weighted by molar-refractivity contribution is 0.0627. The van der Waals surface area contributed by atoms with Crippen LogP contribution in [0.15, 0.2) is 42.5 Å². The van der Waals surface area contributed by atoms with Gasteiger partial charge in [-0.1, -0.05) is 23.7 Å². The van der Waals surface area contributed by atoms with E-state index in [0.29, 0.717) is 67.5 Å². The number of hydrogen-bond acceptors (Lipinski definition) is 4. The zero-order valence-electron chi connectivity index (χ0n) is 16.4. The Hall–Kier alpha value is -2.16. The van der Waals surface area contributed by atoms with Gasteiger partial charge in [-0.15, -0.1) is 0 Å². The van der Waals surface area contributed by atoms with Crippen LogP contribution in [-0.2, 0) is 16.6 Å². The molecule has 0 spiro atoms. The molecule has 160 valence electrons. The van der Waals surface area contributed by atoms with E-state index in [9.17, 15) is 17.6 Å². The molecule has 2 aromatic carbocycles. The van der Waals surface area contributed by atoms with Crippen LogP contribution in [0.25, 0.3) is 0 Å². The third kappa shape index (κ3) is 4.31. The van der Waals surface area contributed by atoms with Crippen LogP contribution in [0.5, 0.6) is 0 Å². The number of piperazine rings is 1. The van der Waals surface area contributed by atoms with Gasteiger partial charge in [-0.3, -0.25) is 14.0 Å². The second-order valence-corrected chi connectivity index (χ2v) is 9.98. The number of benzene rings is 2. The predicted molar refractivity (Wildman–Crippen MR) is 115 cm³/mol. The maximum Gasteiger partial charge on any atom is 0.254 e. The summed E-state index contributed by atoms with van der Waals surface area (Å²) in [5.41, 5.74) is 1.48. The summed E-state index contributed by atoms with van der Waals surface area (Å²) in [4.78, 5) is 16.8. The number of anilines is 1. The van der Waals surface area contributed by atoms with Crippen molar-refractivity contribution < 1.29 is 17.6 Å². The summed E-state index contributed by atoms with van der Waals surface area (Å²) in [6.45, 7) is 3.08. The lowest BCUT2D eigenvalue weighted by atomic mass is 10.1. The van der Waals surface area contributed by atoms with Crippen LogP contribution >= 0.6 is 11.6 Å². The number of amides is 1. The number of hydrogen-bond donors (Lipinski definition) is 0. The Morgan fingerprint density at radius 3 is 2.43 bits per heavy atom. The number of sulfonamides is 1. The van der Waals surface area contributed by atoms with Crippen LogP contribution in [0.4, 0.5) is 10.1 Å². The van der Waals surface area contributed by atoms with Crippen molar-refractivity contribution in [1.82, 2.24) is 9.80 Å². The summed E-state index contributed by atoms with van der Waals surface area (Å²) in [6.07, 6.45) is 0.592. The van der Waals surface area contributed by atoms with E-state index in [0.717, 1.165) is 0 Å². The molecule has 0 radical (unpaired) electrons. The molecule has 0 aliphatic carbocycles. The van der Waals surface area contributed by atoms with E-state index in [1.807, 2.05) is 0 Å². The Morgan fingerprint density at radius 1 is 1.03 bits per heavy atom. The molecular weight excluding hydrogens is 429 g/mol. The summed E-state index contributed by atoms with van der Waals surface area (Å²) in [6, 6.07) is 11.4. The SMILES string of the molecule is O=C(c1cccc(N2CCCS2(=O)=O)c1)N1CCN(Cc2c(F)cccc2Cl)CC1. The zero-order chi connectivity index (χ0) is 21.3. The first kappa shape index (κ1) is 21.1. The molecule has 0 saturated carbocycles. The van der Waals surface area contributed by atoms with Gasteiger partial charge in [-0.05, 0) is 36.8 Å². The van der Waals surface area contributed by atoms with Crippen LogP contribution in [-0.4, -0.2) is 62.6 Å². The highest BCUT2D eigenvalue weighted by atomic mass is 35.5. The molecule has 2 aromatic rings. The summed E-state index contributed by atoms with van der Waals surface area (Å²) in [7, 11) is -3.29. The zero-order valence-corrected chi connectivity index (χ0v) is 18.0. The molecule has 0 bridgehead atoms. The van der Waals surface area contributed by atoms with Gasteiger partial charge in [0.05, 0.1) is 11.4 Å². The van der Waals surface area contributed by atoms with E-state index in [-0.39, 0.29) is 17.5 Å². The average Bonchev–Trinajstić information content (AvgIpc) is 3.10. The van der Waals surface area contributed by atoms with Gasteiger partial charge in [-0.2, -0.15) is 0 Å². The molecule has 0 N–H and O–H groups in total. The highest BCUT2D eigenvalue weighted by molar-refractivity contribution is 7.93.